The maximum Gasteiger partial charge on any atom is 0.337 e. The van der Waals surface area contributed by atoms with Crippen molar-refractivity contribution >= 4 is 45.1 Å². The summed E-state index contributed by atoms with van der Waals surface area (Å²) in [6.07, 6.45) is 3.68. The Kier molecular flexibility index (Phi) is 4.75. The zero-order chi connectivity index (χ0) is 19.7. The van der Waals surface area contributed by atoms with Crippen LogP contribution in [0, 0.1) is 0 Å². The summed E-state index contributed by atoms with van der Waals surface area (Å²) >= 11 is 0.670. The zero-order valence-corrected chi connectivity index (χ0v) is 15.8. The minimum atomic E-state index is -0.359. The van der Waals surface area contributed by atoms with Crippen LogP contribution in [0.25, 0.3) is 17.0 Å². The van der Waals surface area contributed by atoms with Crippen LogP contribution in [0.5, 0.6) is 0 Å². The van der Waals surface area contributed by atoms with E-state index in [1.54, 1.807) is 18.2 Å². The number of rotatable bonds is 4. The lowest BCUT2D eigenvalue weighted by Gasteiger charge is -2.07. The van der Waals surface area contributed by atoms with E-state index in [0.29, 0.717) is 29.6 Å². The fourth-order valence-corrected chi connectivity index (χ4v) is 3.70. The van der Waals surface area contributed by atoms with Crippen molar-refractivity contribution in [2.24, 2.45) is 0 Å². The monoisotopic (exact) mass is 392 g/mol. The van der Waals surface area contributed by atoms with E-state index in [1.165, 1.54) is 7.11 Å². The molecule has 140 valence electrons. The van der Waals surface area contributed by atoms with Gasteiger partial charge in [-0.3, -0.25) is 9.59 Å². The van der Waals surface area contributed by atoms with E-state index in [0.717, 1.165) is 22.0 Å². The predicted octanol–water partition coefficient (Wildman–Crippen LogP) is 3.80. The Balaban J connectivity index is 1.63. The van der Waals surface area contributed by atoms with Gasteiger partial charge in [0.15, 0.2) is 0 Å². The number of carbonyl (C=O) groups excluding carboxylic acids is 3. The number of hydrogen-bond donors (Lipinski definition) is 1. The van der Waals surface area contributed by atoms with Crippen LogP contribution in [0.15, 0.2) is 60.4 Å². The van der Waals surface area contributed by atoms with Gasteiger partial charge in [0.25, 0.3) is 5.24 Å². The molecular weight excluding hydrogens is 376 g/mol. The highest BCUT2D eigenvalue weighted by molar-refractivity contribution is 8.27. The minimum absolute atomic E-state index is 0.271. The molecule has 1 aliphatic rings. The number of thioether (sulfide) groups is 1. The SMILES string of the molecule is COC(=O)c1ccc(Cn2ccc3c(C=C4NC(=O)SC4=O)cccc32)cc1. The van der Waals surface area contributed by atoms with E-state index >= 15 is 0 Å². The van der Waals surface area contributed by atoms with Gasteiger partial charge >= 0.3 is 5.97 Å². The molecule has 2 aromatic carbocycles. The number of methoxy groups -OCH3 is 1. The number of aromatic nitrogens is 1. The summed E-state index contributed by atoms with van der Waals surface area (Å²) in [5, 5.41) is 2.94. The molecule has 0 aliphatic carbocycles. The summed E-state index contributed by atoms with van der Waals surface area (Å²) in [5.74, 6) is -0.359. The van der Waals surface area contributed by atoms with Crippen molar-refractivity contribution in [3.05, 3.63) is 77.1 Å². The van der Waals surface area contributed by atoms with Crippen molar-refractivity contribution < 1.29 is 19.1 Å². The van der Waals surface area contributed by atoms with Crippen LogP contribution in [0.3, 0.4) is 0 Å². The van der Waals surface area contributed by atoms with Gasteiger partial charge in [-0.25, -0.2) is 4.79 Å². The van der Waals surface area contributed by atoms with Crippen LogP contribution in [0.1, 0.15) is 21.5 Å². The van der Waals surface area contributed by atoms with Gasteiger partial charge < -0.3 is 14.6 Å². The van der Waals surface area contributed by atoms with Gasteiger partial charge in [0.2, 0.25) is 5.12 Å². The topological polar surface area (TPSA) is 77.4 Å². The molecule has 0 radical (unpaired) electrons. The Hall–Kier alpha value is -3.32. The second-order valence-electron chi connectivity index (χ2n) is 6.27. The molecule has 7 heteroatoms. The maximum absolute atomic E-state index is 11.8. The molecule has 0 unspecified atom stereocenters. The number of esters is 1. The fraction of sp³-hybridized carbons (Fsp3) is 0.0952. The Morgan fingerprint density at radius 3 is 2.61 bits per heavy atom. The Morgan fingerprint density at radius 2 is 1.93 bits per heavy atom. The Morgan fingerprint density at radius 1 is 1.14 bits per heavy atom. The largest absolute Gasteiger partial charge is 0.465 e. The van der Waals surface area contributed by atoms with Crippen LogP contribution in [0.4, 0.5) is 4.79 Å². The first-order chi connectivity index (χ1) is 13.5. The van der Waals surface area contributed by atoms with Gasteiger partial charge in [0.05, 0.1) is 18.4 Å². The molecule has 28 heavy (non-hydrogen) atoms. The highest BCUT2D eigenvalue weighted by Gasteiger charge is 2.25. The highest BCUT2D eigenvalue weighted by atomic mass is 32.2. The third kappa shape index (κ3) is 3.44. The average Bonchev–Trinajstić information content (AvgIpc) is 3.25. The molecule has 3 aromatic rings. The molecule has 0 atom stereocenters. The lowest BCUT2D eigenvalue weighted by molar-refractivity contribution is -0.107. The van der Waals surface area contributed by atoms with Crippen molar-refractivity contribution in [2.45, 2.75) is 6.54 Å². The minimum Gasteiger partial charge on any atom is -0.465 e. The number of ether oxygens (including phenoxy) is 1. The predicted molar refractivity (Wildman–Crippen MR) is 108 cm³/mol. The van der Waals surface area contributed by atoms with E-state index in [4.69, 9.17) is 4.74 Å². The summed E-state index contributed by atoms with van der Waals surface area (Å²) in [5.41, 5.74) is 3.73. The molecular formula is C21H16N2O4S. The Bertz CT molecular complexity index is 1130. The maximum atomic E-state index is 11.8. The number of nitrogens with one attached hydrogen (secondary N) is 1. The lowest BCUT2D eigenvalue weighted by Crippen LogP contribution is -2.10. The van der Waals surface area contributed by atoms with E-state index in [-0.39, 0.29) is 16.3 Å². The van der Waals surface area contributed by atoms with Crippen LogP contribution in [-0.4, -0.2) is 28.0 Å². The molecule has 0 saturated carbocycles. The second kappa shape index (κ2) is 7.36. The average molecular weight is 392 g/mol. The van der Waals surface area contributed by atoms with Crippen molar-refractivity contribution in [3.8, 4) is 0 Å². The first-order valence-corrected chi connectivity index (χ1v) is 9.37. The van der Waals surface area contributed by atoms with E-state index in [2.05, 4.69) is 9.88 Å². The van der Waals surface area contributed by atoms with Crippen LogP contribution in [0.2, 0.25) is 0 Å². The van der Waals surface area contributed by atoms with E-state index in [1.807, 2.05) is 42.6 Å². The first kappa shape index (κ1) is 18.1. The third-order valence-electron chi connectivity index (χ3n) is 4.52. The zero-order valence-electron chi connectivity index (χ0n) is 15.0. The number of fused-ring (bicyclic) bond motifs is 1. The third-order valence-corrected chi connectivity index (χ3v) is 5.21. The Labute approximate surface area is 165 Å². The van der Waals surface area contributed by atoms with E-state index in [9.17, 15) is 14.4 Å². The summed E-state index contributed by atoms with van der Waals surface area (Å²) in [6.45, 7) is 0.635. The molecule has 1 aromatic heterocycles. The van der Waals surface area contributed by atoms with Gasteiger partial charge in [0.1, 0.15) is 0 Å². The molecule has 1 fully saturated rings. The molecule has 0 bridgehead atoms. The summed E-state index contributed by atoms with van der Waals surface area (Å²) < 4.78 is 6.81. The quantitative estimate of drug-likeness (QED) is 0.540. The summed E-state index contributed by atoms with van der Waals surface area (Å²) in [6, 6.07) is 15.1. The van der Waals surface area contributed by atoms with Gasteiger partial charge in [-0.15, -0.1) is 0 Å². The van der Waals surface area contributed by atoms with Crippen LogP contribution >= 0.6 is 11.8 Å². The molecule has 1 N–H and O–H groups in total. The van der Waals surface area contributed by atoms with Gasteiger partial charge in [-0.2, -0.15) is 0 Å². The number of carbonyl (C=O) groups is 3. The van der Waals surface area contributed by atoms with Gasteiger partial charge in [-0.1, -0.05) is 24.3 Å². The number of benzene rings is 2. The normalized spacial score (nSPS) is 15.2. The first-order valence-electron chi connectivity index (χ1n) is 8.55. The van der Waals surface area contributed by atoms with Crippen molar-refractivity contribution in [3.63, 3.8) is 0 Å². The molecule has 2 heterocycles. The summed E-state index contributed by atoms with van der Waals surface area (Å²) in [4.78, 5) is 34.8. The lowest BCUT2D eigenvalue weighted by atomic mass is 10.1. The molecule has 1 amide bonds. The second-order valence-corrected chi connectivity index (χ2v) is 7.22. The smallest absolute Gasteiger partial charge is 0.337 e. The van der Waals surface area contributed by atoms with Crippen LogP contribution < -0.4 is 5.32 Å². The van der Waals surface area contributed by atoms with Crippen LogP contribution in [-0.2, 0) is 16.1 Å². The van der Waals surface area contributed by atoms with Crippen molar-refractivity contribution in [1.29, 1.82) is 0 Å². The molecule has 6 nitrogen and oxygen atoms in total. The number of nitrogens with zero attached hydrogens (tertiary/aromatic N) is 1. The van der Waals surface area contributed by atoms with Crippen molar-refractivity contribution in [1.82, 2.24) is 9.88 Å². The number of amides is 1. The fourth-order valence-electron chi connectivity index (χ4n) is 3.15. The van der Waals surface area contributed by atoms with E-state index < -0.39 is 0 Å². The number of hydrogen-bond acceptors (Lipinski definition) is 5. The molecule has 1 saturated heterocycles. The van der Waals surface area contributed by atoms with Gasteiger partial charge in [-0.05, 0) is 41.5 Å². The highest BCUT2D eigenvalue weighted by Crippen LogP contribution is 2.26. The summed E-state index contributed by atoms with van der Waals surface area (Å²) in [7, 11) is 1.36. The standard InChI is InChI=1S/C21H16N2O4S/c1-27-19(24)14-7-5-13(6-8-14)12-23-10-9-16-15(3-2-4-18(16)23)11-17-20(25)28-21(26)22-17/h2-11H,12H2,1H3,(H,22,26). The molecule has 0 spiro atoms. The van der Waals surface area contributed by atoms with Gasteiger partial charge in [0, 0.05) is 35.4 Å². The molecule has 4 rings (SSSR count). The van der Waals surface area contributed by atoms with Crippen molar-refractivity contribution in [2.75, 3.05) is 7.11 Å². The molecule has 1 aliphatic heterocycles.